The van der Waals surface area contributed by atoms with E-state index in [2.05, 4.69) is 26.2 Å². The van der Waals surface area contributed by atoms with E-state index >= 15 is 0 Å². The molecule has 0 aliphatic heterocycles. The summed E-state index contributed by atoms with van der Waals surface area (Å²) in [4.78, 5) is 19.8. The van der Waals surface area contributed by atoms with Crippen molar-refractivity contribution in [3.05, 3.63) is 69.6 Å². The van der Waals surface area contributed by atoms with Crippen LogP contribution in [0, 0.1) is 13.8 Å². The fourth-order valence-electron chi connectivity index (χ4n) is 3.31. The molecule has 2 aromatic carbocycles. The van der Waals surface area contributed by atoms with Crippen molar-refractivity contribution in [2.75, 3.05) is 0 Å². The number of aromatic nitrogens is 4. The maximum absolute atomic E-state index is 12.0. The lowest BCUT2D eigenvalue weighted by Gasteiger charge is -2.07. The first-order chi connectivity index (χ1) is 13.6. The number of para-hydroxylation sites is 1. The minimum absolute atomic E-state index is 0.350. The number of benzene rings is 2. The predicted octanol–water partition coefficient (Wildman–Crippen LogP) is 4.52. The zero-order valence-corrected chi connectivity index (χ0v) is 16.1. The lowest BCUT2D eigenvalue weighted by molar-refractivity contribution is 0.559. The molecule has 5 aromatic rings. The molecule has 0 saturated carbocycles. The highest BCUT2D eigenvalue weighted by Crippen LogP contribution is 2.28. The molecule has 0 bridgehead atoms. The Morgan fingerprint density at radius 2 is 1.86 bits per heavy atom. The van der Waals surface area contributed by atoms with E-state index in [9.17, 15) is 4.79 Å². The molecule has 0 aliphatic carbocycles. The second-order valence-electron chi connectivity index (χ2n) is 6.77. The van der Waals surface area contributed by atoms with Gasteiger partial charge in [0.2, 0.25) is 5.16 Å². The first kappa shape index (κ1) is 16.9. The van der Waals surface area contributed by atoms with Crippen LogP contribution in [0.4, 0.5) is 0 Å². The number of nitrogens with zero attached hydrogens (tertiary/aromatic N) is 3. The number of nitrogens with one attached hydrogen (secondary N) is 1. The van der Waals surface area contributed by atoms with Crippen LogP contribution >= 0.6 is 11.8 Å². The second-order valence-corrected chi connectivity index (χ2v) is 7.72. The molecule has 6 nitrogen and oxygen atoms in total. The third kappa shape index (κ3) is 2.84. The second kappa shape index (κ2) is 6.45. The molecule has 0 spiro atoms. The molecule has 3 heterocycles. The maximum atomic E-state index is 12.0. The van der Waals surface area contributed by atoms with Gasteiger partial charge in [-0.15, -0.1) is 10.2 Å². The molecule has 138 valence electrons. The summed E-state index contributed by atoms with van der Waals surface area (Å²) < 4.78 is 5.37. The van der Waals surface area contributed by atoms with Gasteiger partial charge in [-0.05, 0) is 48.7 Å². The zero-order valence-electron chi connectivity index (χ0n) is 15.3. The number of rotatable bonds is 3. The average Bonchev–Trinajstić information content (AvgIpc) is 3.05. The lowest BCUT2D eigenvalue weighted by Crippen LogP contribution is -2.01. The summed E-state index contributed by atoms with van der Waals surface area (Å²) >= 11 is 1.45. The van der Waals surface area contributed by atoms with E-state index < -0.39 is 0 Å². The lowest BCUT2D eigenvalue weighted by atomic mass is 10.0. The van der Waals surface area contributed by atoms with Crippen molar-refractivity contribution in [2.45, 2.75) is 24.8 Å². The van der Waals surface area contributed by atoms with Crippen LogP contribution in [0.1, 0.15) is 16.7 Å². The van der Waals surface area contributed by atoms with E-state index in [0.717, 1.165) is 38.5 Å². The van der Waals surface area contributed by atoms with Crippen molar-refractivity contribution in [2.24, 2.45) is 0 Å². The van der Waals surface area contributed by atoms with Gasteiger partial charge in [0.1, 0.15) is 11.1 Å². The van der Waals surface area contributed by atoms with Crippen LogP contribution in [-0.4, -0.2) is 20.2 Å². The summed E-state index contributed by atoms with van der Waals surface area (Å²) in [5, 5.41) is 11.1. The van der Waals surface area contributed by atoms with E-state index in [1.54, 1.807) is 6.07 Å². The number of aromatic amines is 1. The highest BCUT2D eigenvalue weighted by molar-refractivity contribution is 7.98. The number of hydrogen-bond donors (Lipinski definition) is 1. The number of thioether (sulfide) groups is 1. The fourth-order valence-corrected chi connectivity index (χ4v) is 4.09. The fraction of sp³-hybridized carbons (Fsp3) is 0.143. The highest BCUT2D eigenvalue weighted by Gasteiger charge is 2.12. The van der Waals surface area contributed by atoms with Gasteiger partial charge in [-0.1, -0.05) is 30.0 Å². The van der Waals surface area contributed by atoms with Gasteiger partial charge in [0.25, 0.3) is 0 Å². The number of aryl methyl sites for hydroxylation is 2. The third-order valence-electron chi connectivity index (χ3n) is 4.90. The monoisotopic (exact) mass is 388 g/mol. The van der Waals surface area contributed by atoms with Gasteiger partial charge in [0.15, 0.2) is 5.65 Å². The molecule has 28 heavy (non-hydrogen) atoms. The Hall–Kier alpha value is -3.19. The van der Waals surface area contributed by atoms with Gasteiger partial charge < -0.3 is 9.40 Å². The molecule has 7 heteroatoms. The quantitative estimate of drug-likeness (QED) is 0.361. The van der Waals surface area contributed by atoms with Crippen molar-refractivity contribution in [1.82, 2.24) is 20.2 Å². The maximum Gasteiger partial charge on any atom is 0.336 e. The van der Waals surface area contributed by atoms with Crippen molar-refractivity contribution >= 4 is 44.8 Å². The van der Waals surface area contributed by atoms with E-state index in [4.69, 9.17) is 4.42 Å². The Morgan fingerprint density at radius 1 is 1.04 bits per heavy atom. The molecule has 0 saturated heterocycles. The summed E-state index contributed by atoms with van der Waals surface area (Å²) in [7, 11) is 0. The summed E-state index contributed by atoms with van der Waals surface area (Å²) in [6, 6.07) is 13.4. The Bertz CT molecular complexity index is 1420. The Balaban J connectivity index is 1.51. The van der Waals surface area contributed by atoms with Gasteiger partial charge in [-0.2, -0.15) is 0 Å². The molecule has 0 radical (unpaired) electrons. The first-order valence-corrected chi connectivity index (χ1v) is 9.85. The SMILES string of the molecule is Cc1cc2oc(=O)cc(CSc3nnc4c(n3)[nH]c3ccccc34)c2cc1C. The van der Waals surface area contributed by atoms with Gasteiger partial charge in [0.05, 0.1) is 0 Å². The van der Waals surface area contributed by atoms with Crippen LogP contribution in [0.2, 0.25) is 0 Å². The Kier molecular flexibility index (Phi) is 3.91. The van der Waals surface area contributed by atoms with Crippen molar-refractivity contribution in [3.8, 4) is 0 Å². The van der Waals surface area contributed by atoms with Crippen molar-refractivity contribution in [1.29, 1.82) is 0 Å². The summed E-state index contributed by atoms with van der Waals surface area (Å²) in [6.45, 7) is 4.05. The van der Waals surface area contributed by atoms with Crippen molar-refractivity contribution < 1.29 is 4.42 Å². The molecule has 0 unspecified atom stereocenters. The molecule has 0 aliphatic rings. The van der Waals surface area contributed by atoms with Crippen LogP contribution in [0.25, 0.3) is 33.0 Å². The van der Waals surface area contributed by atoms with E-state index in [1.807, 2.05) is 44.2 Å². The highest BCUT2D eigenvalue weighted by atomic mass is 32.2. The number of fused-ring (bicyclic) bond motifs is 4. The standard InChI is InChI=1S/C21H16N4O2S/c1-11-7-15-13(9-18(26)27-17(15)8-12(11)2)10-28-21-23-20-19(24-25-21)14-5-3-4-6-16(14)22-20/h3-9H,10H2,1-2H3,(H,22,23,25). The van der Waals surface area contributed by atoms with E-state index in [-0.39, 0.29) is 5.63 Å². The van der Waals surface area contributed by atoms with Gasteiger partial charge in [-0.3, -0.25) is 0 Å². The molecule has 0 atom stereocenters. The van der Waals surface area contributed by atoms with E-state index in [0.29, 0.717) is 22.1 Å². The van der Waals surface area contributed by atoms with Crippen LogP contribution in [0.5, 0.6) is 0 Å². The molecular weight excluding hydrogens is 372 g/mol. The van der Waals surface area contributed by atoms with E-state index in [1.165, 1.54) is 11.8 Å². The Morgan fingerprint density at radius 3 is 2.75 bits per heavy atom. The first-order valence-electron chi connectivity index (χ1n) is 8.86. The molecule has 0 fully saturated rings. The largest absolute Gasteiger partial charge is 0.423 e. The Labute approximate surface area is 164 Å². The minimum Gasteiger partial charge on any atom is -0.423 e. The van der Waals surface area contributed by atoms with Crippen LogP contribution < -0.4 is 5.63 Å². The minimum atomic E-state index is -0.350. The molecule has 0 amide bonds. The van der Waals surface area contributed by atoms with Crippen molar-refractivity contribution in [3.63, 3.8) is 0 Å². The zero-order chi connectivity index (χ0) is 19.3. The molecule has 5 rings (SSSR count). The summed E-state index contributed by atoms with van der Waals surface area (Å²) in [6.07, 6.45) is 0. The van der Waals surface area contributed by atoms with Crippen LogP contribution in [-0.2, 0) is 5.75 Å². The molecular formula is C21H16N4O2S. The normalized spacial score (nSPS) is 11.6. The summed E-state index contributed by atoms with van der Waals surface area (Å²) in [5.41, 5.74) is 5.87. The summed E-state index contributed by atoms with van der Waals surface area (Å²) in [5.74, 6) is 0.554. The average molecular weight is 388 g/mol. The number of H-pyrrole nitrogens is 1. The predicted molar refractivity (Wildman–Crippen MR) is 111 cm³/mol. The van der Waals surface area contributed by atoms with Gasteiger partial charge >= 0.3 is 5.63 Å². The van der Waals surface area contributed by atoms with Crippen LogP contribution in [0.3, 0.4) is 0 Å². The molecule has 3 aromatic heterocycles. The third-order valence-corrected chi connectivity index (χ3v) is 5.79. The number of hydrogen-bond acceptors (Lipinski definition) is 6. The van der Waals surface area contributed by atoms with Gasteiger partial charge in [0, 0.05) is 28.1 Å². The van der Waals surface area contributed by atoms with Crippen LogP contribution in [0.15, 0.2) is 56.8 Å². The van der Waals surface area contributed by atoms with Gasteiger partial charge in [-0.25, -0.2) is 9.78 Å². The molecule has 1 N–H and O–H groups in total. The smallest absolute Gasteiger partial charge is 0.336 e. The topological polar surface area (TPSA) is 84.7 Å².